The van der Waals surface area contributed by atoms with Crippen molar-refractivity contribution in [2.24, 2.45) is 0 Å². The summed E-state index contributed by atoms with van der Waals surface area (Å²) in [6.07, 6.45) is 3.18. The van der Waals surface area contributed by atoms with Crippen LogP contribution in [0.25, 0.3) is 0 Å². The van der Waals surface area contributed by atoms with Crippen molar-refractivity contribution in [3.05, 3.63) is 47.3 Å². The van der Waals surface area contributed by atoms with Crippen LogP contribution in [0.5, 0.6) is 0 Å². The van der Waals surface area contributed by atoms with E-state index in [1.807, 2.05) is 17.8 Å². The third-order valence-corrected chi connectivity index (χ3v) is 4.28. The van der Waals surface area contributed by atoms with E-state index in [4.69, 9.17) is 0 Å². The Morgan fingerprint density at radius 2 is 2.00 bits per heavy atom. The summed E-state index contributed by atoms with van der Waals surface area (Å²) >= 11 is 3.63. The summed E-state index contributed by atoms with van der Waals surface area (Å²) in [5.41, 5.74) is 3.75. The van der Waals surface area contributed by atoms with E-state index in [-0.39, 0.29) is 0 Å². The zero-order valence-corrected chi connectivity index (χ0v) is 12.4. The lowest BCUT2D eigenvalue weighted by atomic mass is 10.2. The van der Waals surface area contributed by atoms with Gasteiger partial charge in [0.1, 0.15) is 0 Å². The maximum Gasteiger partial charge on any atom is 0.166 e. The van der Waals surface area contributed by atoms with Crippen LogP contribution in [-0.4, -0.2) is 22.0 Å². The average molecular weight is 278 g/mol. The van der Waals surface area contributed by atoms with Gasteiger partial charge >= 0.3 is 0 Å². The van der Waals surface area contributed by atoms with Crippen LogP contribution < -0.4 is 0 Å². The normalized spacial score (nSPS) is 10.8. The van der Waals surface area contributed by atoms with E-state index >= 15 is 0 Å². The second-order valence-corrected chi connectivity index (χ2v) is 6.08. The molecule has 96 valence electrons. The number of hydrogen-bond acceptors (Lipinski definition) is 3. The van der Waals surface area contributed by atoms with Gasteiger partial charge in [-0.05, 0) is 24.5 Å². The van der Waals surface area contributed by atoms with E-state index in [0.717, 1.165) is 23.1 Å². The molecule has 2 aromatic rings. The van der Waals surface area contributed by atoms with Crippen LogP contribution in [0.1, 0.15) is 17.0 Å². The highest BCUT2D eigenvalue weighted by molar-refractivity contribution is 7.98. The van der Waals surface area contributed by atoms with Gasteiger partial charge in [-0.1, -0.05) is 42.1 Å². The molecule has 2 rings (SSSR count). The van der Waals surface area contributed by atoms with Gasteiger partial charge in [0.25, 0.3) is 0 Å². The molecule has 1 aromatic heterocycles. The standard InChI is InChI=1S/C14H18N2S2/c1-11-13(8-9-17-2)16-14(15-11)18-10-12-6-4-3-5-7-12/h3-7H,8-10H2,1-2H3,(H,15,16). The molecule has 18 heavy (non-hydrogen) atoms. The van der Waals surface area contributed by atoms with Crippen molar-refractivity contribution < 1.29 is 0 Å². The highest BCUT2D eigenvalue weighted by Crippen LogP contribution is 2.21. The van der Waals surface area contributed by atoms with Gasteiger partial charge in [-0.2, -0.15) is 11.8 Å². The fourth-order valence-electron chi connectivity index (χ4n) is 1.70. The molecular weight excluding hydrogens is 260 g/mol. The molecule has 0 radical (unpaired) electrons. The molecule has 0 aliphatic heterocycles. The molecule has 0 fully saturated rings. The summed E-state index contributed by atoms with van der Waals surface area (Å²) in [5, 5.41) is 1.03. The number of benzene rings is 1. The minimum absolute atomic E-state index is 0.968. The number of nitrogens with zero attached hydrogens (tertiary/aromatic N) is 1. The number of aromatic amines is 1. The number of aromatic nitrogens is 2. The van der Waals surface area contributed by atoms with E-state index in [1.54, 1.807) is 11.8 Å². The zero-order chi connectivity index (χ0) is 12.8. The number of H-pyrrole nitrogens is 1. The molecule has 0 saturated carbocycles. The zero-order valence-electron chi connectivity index (χ0n) is 10.8. The van der Waals surface area contributed by atoms with E-state index in [1.165, 1.54) is 17.0 Å². The molecule has 0 saturated heterocycles. The van der Waals surface area contributed by atoms with Crippen molar-refractivity contribution in [3.63, 3.8) is 0 Å². The third kappa shape index (κ3) is 3.82. The number of thioether (sulfide) groups is 2. The lowest BCUT2D eigenvalue weighted by Gasteiger charge is -1.97. The van der Waals surface area contributed by atoms with Gasteiger partial charge in [0, 0.05) is 17.9 Å². The maximum absolute atomic E-state index is 4.66. The summed E-state index contributed by atoms with van der Waals surface area (Å²) in [6, 6.07) is 10.5. The Kier molecular flexibility index (Phi) is 5.20. The van der Waals surface area contributed by atoms with Crippen molar-refractivity contribution in [1.29, 1.82) is 0 Å². The summed E-state index contributed by atoms with van der Waals surface area (Å²) < 4.78 is 0. The summed E-state index contributed by atoms with van der Waals surface area (Å²) in [6.45, 7) is 2.11. The predicted molar refractivity (Wildman–Crippen MR) is 81.4 cm³/mol. The van der Waals surface area contributed by atoms with Gasteiger partial charge in [-0.25, -0.2) is 4.98 Å². The van der Waals surface area contributed by atoms with E-state index in [9.17, 15) is 0 Å². The second kappa shape index (κ2) is 6.90. The first-order chi connectivity index (χ1) is 8.79. The highest BCUT2D eigenvalue weighted by atomic mass is 32.2. The Morgan fingerprint density at radius 3 is 2.72 bits per heavy atom. The molecule has 2 nitrogen and oxygen atoms in total. The lowest BCUT2D eigenvalue weighted by Crippen LogP contribution is -1.90. The smallest absolute Gasteiger partial charge is 0.166 e. The van der Waals surface area contributed by atoms with Crippen LogP contribution in [0.15, 0.2) is 35.5 Å². The number of rotatable bonds is 6. The van der Waals surface area contributed by atoms with E-state index < -0.39 is 0 Å². The van der Waals surface area contributed by atoms with Crippen LogP contribution >= 0.6 is 23.5 Å². The first-order valence-corrected chi connectivity index (χ1v) is 8.38. The number of imidazole rings is 1. The van der Waals surface area contributed by atoms with Crippen molar-refractivity contribution in [2.45, 2.75) is 24.3 Å². The van der Waals surface area contributed by atoms with Gasteiger partial charge < -0.3 is 4.98 Å². The predicted octanol–water partition coefficient (Wildman–Crippen LogP) is 3.92. The van der Waals surface area contributed by atoms with Crippen molar-refractivity contribution in [1.82, 2.24) is 9.97 Å². The lowest BCUT2D eigenvalue weighted by molar-refractivity contribution is 0.999. The minimum Gasteiger partial charge on any atom is -0.337 e. The average Bonchev–Trinajstić information content (AvgIpc) is 2.76. The van der Waals surface area contributed by atoms with E-state index in [0.29, 0.717) is 0 Å². The first-order valence-electron chi connectivity index (χ1n) is 6.00. The number of hydrogen-bond donors (Lipinski definition) is 1. The van der Waals surface area contributed by atoms with Gasteiger partial charge in [-0.15, -0.1) is 0 Å². The maximum atomic E-state index is 4.66. The second-order valence-electron chi connectivity index (χ2n) is 4.13. The molecule has 1 heterocycles. The van der Waals surface area contributed by atoms with Crippen molar-refractivity contribution in [2.75, 3.05) is 12.0 Å². The Bertz CT molecular complexity index is 480. The largest absolute Gasteiger partial charge is 0.337 e. The quantitative estimate of drug-likeness (QED) is 0.812. The fraction of sp³-hybridized carbons (Fsp3) is 0.357. The van der Waals surface area contributed by atoms with Gasteiger partial charge in [-0.3, -0.25) is 0 Å². The molecule has 0 amide bonds. The molecule has 0 bridgehead atoms. The summed E-state index contributed by atoms with van der Waals surface area (Å²) in [7, 11) is 0. The van der Waals surface area contributed by atoms with Crippen LogP contribution in [0, 0.1) is 6.92 Å². The molecule has 1 N–H and O–H groups in total. The molecule has 0 spiro atoms. The first kappa shape index (κ1) is 13.6. The molecule has 4 heteroatoms. The third-order valence-electron chi connectivity index (χ3n) is 2.73. The molecule has 1 aromatic carbocycles. The Hall–Kier alpha value is -0.870. The summed E-state index contributed by atoms with van der Waals surface area (Å²) in [5.74, 6) is 2.10. The number of nitrogens with one attached hydrogen (secondary N) is 1. The SMILES string of the molecule is CSCCc1nc(SCc2ccccc2)[nH]c1C. The van der Waals surface area contributed by atoms with Gasteiger partial charge in [0.05, 0.1) is 5.69 Å². The Labute approximate surface area is 117 Å². The highest BCUT2D eigenvalue weighted by Gasteiger charge is 2.06. The van der Waals surface area contributed by atoms with Crippen LogP contribution in [0.4, 0.5) is 0 Å². The topological polar surface area (TPSA) is 28.7 Å². The molecule has 0 aliphatic carbocycles. The van der Waals surface area contributed by atoms with Crippen LogP contribution in [0.2, 0.25) is 0 Å². The number of aryl methyl sites for hydroxylation is 2. The molecular formula is C14H18N2S2. The summed E-state index contributed by atoms with van der Waals surface area (Å²) in [4.78, 5) is 8.02. The Morgan fingerprint density at radius 1 is 1.22 bits per heavy atom. The van der Waals surface area contributed by atoms with Gasteiger partial charge in [0.15, 0.2) is 5.16 Å². The van der Waals surface area contributed by atoms with Crippen molar-refractivity contribution in [3.8, 4) is 0 Å². The van der Waals surface area contributed by atoms with Crippen LogP contribution in [-0.2, 0) is 12.2 Å². The molecule has 0 unspecified atom stereocenters. The van der Waals surface area contributed by atoms with Gasteiger partial charge in [0.2, 0.25) is 0 Å². The minimum atomic E-state index is 0.968. The van der Waals surface area contributed by atoms with Crippen molar-refractivity contribution >= 4 is 23.5 Å². The van der Waals surface area contributed by atoms with Crippen LogP contribution in [0.3, 0.4) is 0 Å². The van der Waals surface area contributed by atoms with E-state index in [2.05, 4.69) is 47.4 Å². The monoisotopic (exact) mass is 278 g/mol. The molecule has 0 atom stereocenters. The molecule has 0 aliphatic rings. The fourth-order valence-corrected chi connectivity index (χ4v) is 3.00. The Balaban J connectivity index is 1.94.